The highest BCUT2D eigenvalue weighted by molar-refractivity contribution is 7.80. The molecule has 3 rings (SSSR count). The van der Waals surface area contributed by atoms with E-state index in [1.54, 1.807) is 12.1 Å². The number of anilines is 1. The van der Waals surface area contributed by atoms with Crippen LogP contribution in [0.25, 0.3) is 0 Å². The summed E-state index contributed by atoms with van der Waals surface area (Å²) in [5.74, 6) is -0.194. The lowest BCUT2D eigenvalue weighted by Gasteiger charge is -2.30. The van der Waals surface area contributed by atoms with Crippen molar-refractivity contribution < 1.29 is 4.79 Å². The number of carbonyl (C=O) groups excluding carboxylic acids is 1. The predicted molar refractivity (Wildman–Crippen MR) is 110 cm³/mol. The van der Waals surface area contributed by atoms with E-state index in [0.29, 0.717) is 21.4 Å². The topological polar surface area (TPSA) is 53.2 Å². The second-order valence-corrected chi connectivity index (χ2v) is 7.24. The number of amides is 1. The van der Waals surface area contributed by atoms with Crippen molar-refractivity contribution in [2.75, 3.05) is 5.32 Å². The summed E-state index contributed by atoms with van der Waals surface area (Å²) in [6, 6.07) is 13.2. The third-order valence-corrected chi connectivity index (χ3v) is 4.83. The van der Waals surface area contributed by atoms with Gasteiger partial charge in [-0.1, -0.05) is 47.5 Å². The Bertz CT molecular complexity index is 906. The number of rotatable bonds is 3. The van der Waals surface area contributed by atoms with Crippen molar-refractivity contribution in [3.05, 3.63) is 75.4 Å². The first-order valence-corrected chi connectivity index (χ1v) is 9.06. The van der Waals surface area contributed by atoms with Gasteiger partial charge < -0.3 is 16.0 Å². The molecular formula is C20H20ClN3OS. The van der Waals surface area contributed by atoms with Crippen molar-refractivity contribution in [2.45, 2.75) is 26.8 Å². The number of allylic oxidation sites excluding steroid dienone is 1. The van der Waals surface area contributed by atoms with Crippen LogP contribution in [0.4, 0.5) is 5.69 Å². The molecular weight excluding hydrogens is 366 g/mol. The highest BCUT2D eigenvalue weighted by atomic mass is 35.5. The van der Waals surface area contributed by atoms with Crippen molar-refractivity contribution in [3.8, 4) is 0 Å². The van der Waals surface area contributed by atoms with Gasteiger partial charge in [-0.3, -0.25) is 4.79 Å². The fourth-order valence-corrected chi connectivity index (χ4v) is 3.37. The van der Waals surface area contributed by atoms with Gasteiger partial charge in [-0.2, -0.15) is 0 Å². The Morgan fingerprint density at radius 2 is 1.81 bits per heavy atom. The number of halogens is 1. The summed E-state index contributed by atoms with van der Waals surface area (Å²) in [4.78, 5) is 13.1. The van der Waals surface area contributed by atoms with Gasteiger partial charge in [-0.25, -0.2) is 0 Å². The van der Waals surface area contributed by atoms with Crippen LogP contribution < -0.4 is 16.0 Å². The third kappa shape index (κ3) is 3.89. The van der Waals surface area contributed by atoms with Crippen molar-refractivity contribution in [3.63, 3.8) is 0 Å². The average molecular weight is 386 g/mol. The maximum Gasteiger partial charge on any atom is 0.255 e. The fraction of sp³-hybridized carbons (Fsp3) is 0.200. The predicted octanol–water partition coefficient (Wildman–Crippen LogP) is 4.39. The second kappa shape index (κ2) is 7.48. The summed E-state index contributed by atoms with van der Waals surface area (Å²) >= 11 is 11.4. The highest BCUT2D eigenvalue weighted by Crippen LogP contribution is 2.29. The molecule has 2 aromatic carbocycles. The summed E-state index contributed by atoms with van der Waals surface area (Å²) in [5, 5.41) is 10.3. The Morgan fingerprint density at radius 3 is 2.50 bits per heavy atom. The molecule has 4 nitrogen and oxygen atoms in total. The first-order valence-electron chi connectivity index (χ1n) is 8.27. The number of carbonyl (C=O) groups is 1. The average Bonchev–Trinajstić information content (AvgIpc) is 2.58. The number of hydrogen-bond acceptors (Lipinski definition) is 2. The molecule has 0 saturated heterocycles. The molecule has 0 aliphatic carbocycles. The lowest BCUT2D eigenvalue weighted by atomic mass is 9.94. The Kier molecular flexibility index (Phi) is 5.30. The molecule has 1 aliphatic rings. The zero-order valence-corrected chi connectivity index (χ0v) is 16.4. The van der Waals surface area contributed by atoms with E-state index in [-0.39, 0.29) is 11.9 Å². The summed E-state index contributed by atoms with van der Waals surface area (Å²) in [6.45, 7) is 5.81. The molecule has 1 heterocycles. The Morgan fingerprint density at radius 1 is 1.12 bits per heavy atom. The molecule has 1 aliphatic heterocycles. The molecule has 0 unspecified atom stereocenters. The van der Waals surface area contributed by atoms with E-state index >= 15 is 0 Å². The van der Waals surface area contributed by atoms with Crippen LogP contribution in [0, 0.1) is 13.8 Å². The smallest absolute Gasteiger partial charge is 0.255 e. The van der Waals surface area contributed by atoms with Gasteiger partial charge in [0, 0.05) is 16.4 Å². The minimum Gasteiger partial charge on any atom is -0.351 e. The molecule has 26 heavy (non-hydrogen) atoms. The van der Waals surface area contributed by atoms with E-state index in [9.17, 15) is 4.79 Å². The van der Waals surface area contributed by atoms with E-state index in [0.717, 1.165) is 22.4 Å². The molecule has 3 N–H and O–H groups in total. The van der Waals surface area contributed by atoms with Gasteiger partial charge in [0.15, 0.2) is 5.11 Å². The Balaban J connectivity index is 1.96. The molecule has 0 saturated carbocycles. The van der Waals surface area contributed by atoms with Crippen LogP contribution in [0.3, 0.4) is 0 Å². The molecule has 1 amide bonds. The first kappa shape index (κ1) is 18.4. The van der Waals surface area contributed by atoms with Crippen LogP contribution in [0.15, 0.2) is 53.7 Å². The second-order valence-electron chi connectivity index (χ2n) is 6.39. The van der Waals surface area contributed by atoms with E-state index in [1.165, 1.54) is 0 Å². The maximum atomic E-state index is 13.1. The monoisotopic (exact) mass is 385 g/mol. The van der Waals surface area contributed by atoms with Crippen LogP contribution in [0.5, 0.6) is 0 Å². The molecule has 0 fully saturated rings. The van der Waals surface area contributed by atoms with Crippen LogP contribution in [-0.4, -0.2) is 11.0 Å². The zero-order valence-electron chi connectivity index (χ0n) is 14.8. The van der Waals surface area contributed by atoms with Crippen molar-refractivity contribution in [1.82, 2.24) is 10.6 Å². The van der Waals surface area contributed by atoms with E-state index in [1.807, 2.05) is 51.1 Å². The molecule has 0 spiro atoms. The van der Waals surface area contributed by atoms with Crippen molar-refractivity contribution in [1.29, 1.82) is 0 Å². The van der Waals surface area contributed by atoms with Gasteiger partial charge in [-0.15, -0.1) is 0 Å². The number of thiocarbonyl (C=S) groups is 1. The maximum absolute atomic E-state index is 13.1. The Labute approximate surface area is 163 Å². The number of nitrogens with one attached hydrogen (secondary N) is 3. The van der Waals surface area contributed by atoms with Gasteiger partial charge >= 0.3 is 0 Å². The molecule has 6 heteroatoms. The standard InChI is InChI=1S/C20H20ClN3OS/c1-11-4-7-14(8-5-11)18-17(13(3)22-20(26)24-18)19(25)23-16-10-15(21)9-6-12(16)2/h4-10,18H,1-3H3,(H,23,25)(H2,22,24,26)/t18-/m0/s1. The molecule has 2 aromatic rings. The van der Waals surface area contributed by atoms with Crippen molar-refractivity contribution in [2.24, 2.45) is 0 Å². The van der Waals surface area contributed by atoms with Gasteiger partial charge in [0.2, 0.25) is 0 Å². The summed E-state index contributed by atoms with van der Waals surface area (Å²) in [6.07, 6.45) is 0. The minimum absolute atomic E-state index is 0.194. The number of aryl methyl sites for hydroxylation is 2. The van der Waals surface area contributed by atoms with E-state index in [4.69, 9.17) is 23.8 Å². The Hall–Kier alpha value is -2.37. The molecule has 0 radical (unpaired) electrons. The van der Waals surface area contributed by atoms with Crippen LogP contribution in [-0.2, 0) is 4.79 Å². The quantitative estimate of drug-likeness (QED) is 0.686. The SMILES string of the molecule is CC1=C(C(=O)Nc2cc(Cl)ccc2C)[C@H](c2ccc(C)cc2)NC(=S)N1. The van der Waals surface area contributed by atoms with E-state index in [2.05, 4.69) is 16.0 Å². The minimum atomic E-state index is -0.316. The van der Waals surface area contributed by atoms with E-state index < -0.39 is 0 Å². The lowest BCUT2D eigenvalue weighted by molar-refractivity contribution is -0.113. The largest absolute Gasteiger partial charge is 0.351 e. The third-order valence-electron chi connectivity index (χ3n) is 4.37. The molecule has 134 valence electrons. The van der Waals surface area contributed by atoms with Crippen LogP contribution in [0.2, 0.25) is 5.02 Å². The summed E-state index contributed by atoms with van der Waals surface area (Å²) in [7, 11) is 0. The fourth-order valence-electron chi connectivity index (χ4n) is 2.92. The number of hydrogen-bond donors (Lipinski definition) is 3. The van der Waals surface area contributed by atoms with Gasteiger partial charge in [0.25, 0.3) is 5.91 Å². The summed E-state index contributed by atoms with van der Waals surface area (Å²) < 4.78 is 0. The lowest BCUT2D eigenvalue weighted by Crippen LogP contribution is -2.45. The van der Waals surface area contributed by atoms with Crippen LogP contribution >= 0.6 is 23.8 Å². The van der Waals surface area contributed by atoms with Gasteiger partial charge in [-0.05, 0) is 56.2 Å². The molecule has 1 atom stereocenters. The highest BCUT2D eigenvalue weighted by Gasteiger charge is 2.30. The zero-order chi connectivity index (χ0) is 18.8. The van der Waals surface area contributed by atoms with Gasteiger partial charge in [0.05, 0.1) is 11.6 Å². The molecule has 0 aromatic heterocycles. The summed E-state index contributed by atoms with van der Waals surface area (Å²) in [5.41, 5.74) is 5.11. The number of benzene rings is 2. The van der Waals surface area contributed by atoms with Gasteiger partial charge in [0.1, 0.15) is 0 Å². The van der Waals surface area contributed by atoms with Crippen molar-refractivity contribution >= 4 is 40.5 Å². The molecule has 0 bridgehead atoms. The van der Waals surface area contributed by atoms with Crippen LogP contribution in [0.1, 0.15) is 29.7 Å². The normalized spacial score (nSPS) is 16.8. The first-order chi connectivity index (χ1) is 12.3.